The molecule has 76 heavy (non-hydrogen) atoms. The van der Waals surface area contributed by atoms with Gasteiger partial charge < -0.3 is 4.40 Å². The van der Waals surface area contributed by atoms with Crippen LogP contribution in [0.4, 0.5) is 0 Å². The topological polar surface area (TPSA) is 52.0 Å². The summed E-state index contributed by atoms with van der Waals surface area (Å²) in [6.45, 7) is 0. The van der Waals surface area contributed by atoms with Crippen LogP contribution in [0.15, 0.2) is 212 Å². The quantitative estimate of drug-likeness (QED) is 0.165. The van der Waals surface area contributed by atoms with Crippen LogP contribution in [-0.4, -0.2) is 4.40 Å². The van der Waals surface area contributed by atoms with Crippen LogP contribution in [0.2, 0.25) is 0 Å². The molecule has 13 aromatic rings. The fourth-order valence-corrected chi connectivity index (χ4v) is 16.9. The number of nitrogens with zero attached hydrogens (tertiary/aromatic N) is 3. The Morgan fingerprint density at radius 1 is 0.329 bits per heavy atom. The Hall–Kier alpha value is -9.80. The van der Waals surface area contributed by atoms with Crippen molar-refractivity contribution in [3.05, 3.63) is 312 Å². The van der Waals surface area contributed by atoms with Crippen molar-refractivity contribution >= 4 is 38.1 Å². The summed E-state index contributed by atoms with van der Waals surface area (Å²) in [5.41, 5.74) is 32.1. The summed E-state index contributed by atoms with van der Waals surface area (Å²) in [6.07, 6.45) is 0. The number of hydrogen-bond donors (Lipinski definition) is 0. The number of hydrogen-bond acceptors (Lipinski definition) is 2. The lowest BCUT2D eigenvalue weighted by molar-refractivity contribution is 0.758. The van der Waals surface area contributed by atoms with Crippen molar-refractivity contribution in [1.82, 2.24) is 4.40 Å². The summed E-state index contributed by atoms with van der Waals surface area (Å²) in [6, 6.07) is 85.2. The van der Waals surface area contributed by atoms with Gasteiger partial charge >= 0.3 is 0 Å². The first-order valence-electron chi connectivity index (χ1n) is 26.7. The molecule has 0 N–H and O–H groups in total. The van der Waals surface area contributed by atoms with E-state index in [0.717, 1.165) is 44.4 Å². The maximum atomic E-state index is 11.5. The van der Waals surface area contributed by atoms with E-state index in [4.69, 9.17) is 0 Å². The Labute approximate surface area is 437 Å². The second kappa shape index (κ2) is 13.5. The molecule has 0 fully saturated rings. The molecule has 2 heterocycles. The summed E-state index contributed by atoms with van der Waals surface area (Å²) < 4.78 is 2.46. The normalized spacial score (nSPS) is 18.3. The minimum absolute atomic E-state index is 0.0592. The molecule has 11 aromatic carbocycles. The van der Waals surface area contributed by atoms with Crippen molar-refractivity contribution in [1.29, 1.82) is 10.5 Å². The summed E-state index contributed by atoms with van der Waals surface area (Å²) in [4.78, 5) is 0. The molecule has 3 heteroatoms. The molecule has 0 saturated carbocycles. The van der Waals surface area contributed by atoms with Crippen LogP contribution in [0.5, 0.6) is 0 Å². The molecule has 0 amide bonds. The molecule has 0 saturated heterocycles. The van der Waals surface area contributed by atoms with Crippen molar-refractivity contribution in [3.8, 4) is 45.5 Å². The van der Waals surface area contributed by atoms with Crippen LogP contribution < -0.4 is 0 Å². The lowest BCUT2D eigenvalue weighted by Gasteiger charge is -2.43. The van der Waals surface area contributed by atoms with Crippen LogP contribution >= 0.6 is 0 Å². The molecule has 3 nitrogen and oxygen atoms in total. The van der Waals surface area contributed by atoms with Crippen LogP contribution in [0.3, 0.4) is 0 Å². The minimum atomic E-state index is -0.488. The zero-order valence-corrected chi connectivity index (χ0v) is 40.9. The fourth-order valence-electron chi connectivity index (χ4n) is 16.9. The van der Waals surface area contributed by atoms with Crippen molar-refractivity contribution in [2.75, 3.05) is 0 Å². The van der Waals surface area contributed by atoms with Gasteiger partial charge in [-0.15, -0.1) is 0 Å². The Morgan fingerprint density at radius 2 is 0.671 bits per heavy atom. The maximum absolute atomic E-state index is 11.5. The first-order valence-corrected chi connectivity index (χ1v) is 26.7. The van der Waals surface area contributed by atoms with Gasteiger partial charge in [0.15, 0.2) is 0 Å². The van der Waals surface area contributed by atoms with Crippen LogP contribution in [0.1, 0.15) is 124 Å². The van der Waals surface area contributed by atoms with E-state index in [1.165, 1.54) is 127 Å². The SMILES string of the molecule is N#Cc1cc2c(c3c1C1c4ccccc4C3c3ccccc31)c1cc(-c3ccc4c(c3)C3(c5ccccc5-c5ccccc53)c3ccccc3-4)cc3c4c5c(c(C#N)cc4n2c13)C1c2ccccc2C5c2ccccc21. The standard InChI is InChI=1S/C73H39N3/c74-36-40-34-60-68(70-62(40)64-46-18-1-5-22-50(46)66(70)51-23-6-2-19-47(51)64)54-31-39(38-29-30-45-44-17-11-14-28-58(44)73(59(45)33-38)56-26-12-9-15-42(56)43-16-10-13-27-57(43)73)32-55-69-61(76(60)72(54)55)35-41(37-75)63-65-48-20-3-7-24-52(48)67(71(63)69)53-25-8-4-21-49(53)65/h1-35,64-67H. The van der Waals surface area contributed by atoms with E-state index in [1.54, 1.807) is 0 Å². The van der Waals surface area contributed by atoms with E-state index in [9.17, 15) is 10.5 Å². The first kappa shape index (κ1) is 39.7. The van der Waals surface area contributed by atoms with Gasteiger partial charge in [-0.1, -0.05) is 182 Å². The van der Waals surface area contributed by atoms with Gasteiger partial charge in [0, 0.05) is 45.2 Å². The first-order chi connectivity index (χ1) is 37.7. The van der Waals surface area contributed by atoms with E-state index in [0.29, 0.717) is 0 Å². The molecular weight excluding hydrogens is 919 g/mol. The Morgan fingerprint density at radius 3 is 1.05 bits per heavy atom. The van der Waals surface area contributed by atoms with Gasteiger partial charge in [-0.2, -0.15) is 10.5 Å². The number of rotatable bonds is 1. The molecule has 346 valence electrons. The van der Waals surface area contributed by atoms with Gasteiger partial charge in [0.05, 0.1) is 45.2 Å². The van der Waals surface area contributed by atoms with Crippen molar-refractivity contribution in [3.63, 3.8) is 0 Å². The third-order valence-electron chi connectivity index (χ3n) is 19.3. The third-order valence-corrected chi connectivity index (χ3v) is 19.3. The summed E-state index contributed by atoms with van der Waals surface area (Å²) in [7, 11) is 0. The van der Waals surface area contributed by atoms with Gasteiger partial charge in [0.1, 0.15) is 0 Å². The molecule has 4 bridgehead atoms. The van der Waals surface area contributed by atoms with E-state index >= 15 is 0 Å². The third kappa shape index (κ3) is 4.30. The largest absolute Gasteiger partial charge is 0.308 e. The highest BCUT2D eigenvalue weighted by Gasteiger charge is 2.52. The fraction of sp³-hybridized carbons (Fsp3) is 0.0685. The summed E-state index contributed by atoms with van der Waals surface area (Å²) in [5, 5.41) is 27.7. The van der Waals surface area contributed by atoms with Gasteiger partial charge in [0.25, 0.3) is 0 Å². The molecule has 0 radical (unpaired) electrons. The molecule has 8 aliphatic rings. The van der Waals surface area contributed by atoms with Gasteiger partial charge in [0.2, 0.25) is 0 Å². The minimum Gasteiger partial charge on any atom is -0.308 e. The van der Waals surface area contributed by atoms with Crippen LogP contribution in [0, 0.1) is 22.7 Å². The molecule has 8 aliphatic carbocycles. The highest BCUT2D eigenvalue weighted by atomic mass is 14.9. The van der Waals surface area contributed by atoms with Crippen molar-refractivity contribution in [2.24, 2.45) is 0 Å². The Kier molecular flexibility index (Phi) is 7.04. The average Bonchev–Trinajstić information content (AvgIpc) is 4.36. The van der Waals surface area contributed by atoms with E-state index in [2.05, 4.69) is 229 Å². The number of aromatic nitrogens is 1. The van der Waals surface area contributed by atoms with Crippen LogP contribution in [-0.2, 0) is 5.41 Å². The lowest BCUT2D eigenvalue weighted by Crippen LogP contribution is -2.28. The number of fused-ring (bicyclic) bond motifs is 16. The second-order valence-corrected chi connectivity index (χ2v) is 22.2. The molecule has 2 aromatic heterocycles. The second-order valence-electron chi connectivity index (χ2n) is 22.2. The predicted octanol–water partition coefficient (Wildman–Crippen LogP) is 16.6. The maximum Gasteiger partial charge on any atom is 0.0995 e. The highest BCUT2D eigenvalue weighted by Crippen LogP contribution is 2.65. The highest BCUT2D eigenvalue weighted by molar-refractivity contribution is 6.27. The molecule has 1 spiro atoms. The molecule has 0 unspecified atom stereocenters. The number of benzene rings is 11. The molecule has 0 aliphatic heterocycles. The van der Waals surface area contributed by atoms with E-state index in [1.807, 2.05) is 0 Å². The smallest absolute Gasteiger partial charge is 0.0995 e. The molecule has 0 atom stereocenters. The summed E-state index contributed by atoms with van der Waals surface area (Å²) >= 11 is 0. The lowest BCUT2D eigenvalue weighted by atomic mass is 9.59. The van der Waals surface area contributed by atoms with Crippen molar-refractivity contribution < 1.29 is 0 Å². The predicted molar refractivity (Wildman–Crippen MR) is 302 cm³/mol. The Balaban J connectivity index is 0.979. The zero-order valence-electron chi connectivity index (χ0n) is 40.9. The summed E-state index contributed by atoms with van der Waals surface area (Å²) in [5.74, 6) is -0.253. The average molecular weight is 958 g/mol. The van der Waals surface area contributed by atoms with Crippen molar-refractivity contribution in [2.45, 2.75) is 29.1 Å². The molecule has 21 rings (SSSR count). The monoisotopic (exact) mass is 957 g/mol. The number of nitriles is 2. The van der Waals surface area contributed by atoms with Gasteiger partial charge in [-0.25, -0.2) is 0 Å². The van der Waals surface area contributed by atoms with Crippen LogP contribution in [0.25, 0.3) is 71.5 Å². The van der Waals surface area contributed by atoms with E-state index in [-0.39, 0.29) is 23.7 Å². The Bertz CT molecular complexity index is 4640. The zero-order chi connectivity index (χ0) is 49.4. The molecular formula is C73H39N3. The van der Waals surface area contributed by atoms with Gasteiger partial charge in [-0.3, -0.25) is 0 Å². The van der Waals surface area contributed by atoms with Gasteiger partial charge in [-0.05, 0) is 153 Å². The van der Waals surface area contributed by atoms with E-state index < -0.39 is 5.41 Å².